The molecule has 1 atom stereocenters. The van der Waals surface area contributed by atoms with Crippen LogP contribution in [0.1, 0.15) is 37.6 Å². The predicted octanol–water partition coefficient (Wildman–Crippen LogP) is 2.44. The van der Waals surface area contributed by atoms with Gasteiger partial charge in [0.25, 0.3) is 0 Å². The van der Waals surface area contributed by atoms with E-state index in [2.05, 4.69) is 10.1 Å². The lowest BCUT2D eigenvalue weighted by atomic mass is 10.2. The van der Waals surface area contributed by atoms with Crippen molar-refractivity contribution in [2.45, 2.75) is 38.1 Å². The summed E-state index contributed by atoms with van der Waals surface area (Å²) in [5, 5.41) is 4.49. The third-order valence-corrected chi connectivity index (χ3v) is 9.25. The number of aryl methyl sites for hydroxylation is 1. The molecule has 2 aliphatic heterocycles. The molecule has 30 heavy (non-hydrogen) atoms. The van der Waals surface area contributed by atoms with Gasteiger partial charge in [-0.3, -0.25) is 4.99 Å². The molecular formula is C19H24N4O5S2. The van der Waals surface area contributed by atoms with Crippen molar-refractivity contribution in [3.05, 3.63) is 29.5 Å². The van der Waals surface area contributed by atoms with Gasteiger partial charge in [-0.15, -0.1) is 0 Å². The topological polar surface area (TPSA) is 111 Å². The second kappa shape index (κ2) is 7.47. The number of sulfonamides is 1. The first-order chi connectivity index (χ1) is 14.2. The molecule has 1 fully saturated rings. The van der Waals surface area contributed by atoms with Crippen LogP contribution in [0.25, 0.3) is 0 Å². The lowest BCUT2D eigenvalue weighted by Crippen LogP contribution is -2.30. The van der Waals surface area contributed by atoms with E-state index < -0.39 is 19.9 Å². The Hall–Kier alpha value is -2.24. The molecule has 0 radical (unpaired) electrons. The van der Waals surface area contributed by atoms with Crippen LogP contribution < -0.4 is 4.74 Å². The first kappa shape index (κ1) is 21.0. The van der Waals surface area contributed by atoms with Gasteiger partial charge < -0.3 is 4.74 Å². The van der Waals surface area contributed by atoms with Gasteiger partial charge in [-0.25, -0.2) is 21.5 Å². The molecule has 3 heterocycles. The molecule has 1 unspecified atom stereocenters. The predicted molar refractivity (Wildman–Crippen MR) is 113 cm³/mol. The number of nitrogens with zero attached hydrogens (tertiary/aromatic N) is 4. The van der Waals surface area contributed by atoms with Crippen molar-refractivity contribution in [1.29, 1.82) is 0 Å². The van der Waals surface area contributed by atoms with Crippen LogP contribution in [0.3, 0.4) is 0 Å². The van der Waals surface area contributed by atoms with Crippen molar-refractivity contribution in [1.82, 2.24) is 14.1 Å². The van der Waals surface area contributed by atoms with Gasteiger partial charge in [-0.05, 0) is 31.5 Å². The SMILES string of the molecule is CCN(CC)S(=O)(=O)c1ccc2c(c1)N=Cc1c(C)nn(C3CCS(=O)(=O)C3)c1O2. The molecule has 0 bridgehead atoms. The van der Waals surface area contributed by atoms with Crippen molar-refractivity contribution in [3.8, 4) is 11.6 Å². The van der Waals surface area contributed by atoms with Crippen LogP contribution in [-0.2, 0) is 19.9 Å². The fourth-order valence-corrected chi connectivity index (χ4v) is 6.97. The Labute approximate surface area is 176 Å². The first-order valence-electron chi connectivity index (χ1n) is 9.82. The lowest BCUT2D eigenvalue weighted by Gasteiger charge is -2.19. The van der Waals surface area contributed by atoms with E-state index in [4.69, 9.17) is 4.74 Å². The van der Waals surface area contributed by atoms with Crippen LogP contribution in [0.5, 0.6) is 11.6 Å². The Morgan fingerprint density at radius 3 is 2.63 bits per heavy atom. The second-order valence-electron chi connectivity index (χ2n) is 7.38. The number of aliphatic imine (C=N–C) groups is 1. The lowest BCUT2D eigenvalue weighted by molar-refractivity contribution is 0.380. The molecule has 0 aliphatic carbocycles. The van der Waals surface area contributed by atoms with Crippen LogP contribution >= 0.6 is 0 Å². The number of fused-ring (bicyclic) bond motifs is 2. The van der Waals surface area contributed by atoms with E-state index in [0.29, 0.717) is 48.1 Å². The summed E-state index contributed by atoms with van der Waals surface area (Å²) in [5.74, 6) is 0.972. The van der Waals surface area contributed by atoms with Gasteiger partial charge >= 0.3 is 0 Å². The molecule has 1 aromatic heterocycles. The molecule has 1 saturated heterocycles. The summed E-state index contributed by atoms with van der Waals surface area (Å²) < 4.78 is 58.6. The molecule has 0 saturated carbocycles. The van der Waals surface area contributed by atoms with E-state index in [1.807, 2.05) is 0 Å². The zero-order valence-electron chi connectivity index (χ0n) is 17.1. The van der Waals surface area contributed by atoms with Gasteiger partial charge in [0.15, 0.2) is 15.6 Å². The quantitative estimate of drug-likeness (QED) is 0.588. The molecule has 4 rings (SSSR count). The molecule has 162 valence electrons. The summed E-state index contributed by atoms with van der Waals surface area (Å²) in [6.45, 7) is 6.14. The Morgan fingerprint density at radius 1 is 1.27 bits per heavy atom. The highest BCUT2D eigenvalue weighted by atomic mass is 32.2. The Bertz CT molecular complexity index is 1230. The molecule has 0 spiro atoms. The average Bonchev–Trinajstić information content (AvgIpc) is 3.12. The maximum Gasteiger partial charge on any atom is 0.243 e. The number of rotatable bonds is 5. The van der Waals surface area contributed by atoms with E-state index in [1.165, 1.54) is 16.4 Å². The van der Waals surface area contributed by atoms with E-state index >= 15 is 0 Å². The smallest absolute Gasteiger partial charge is 0.243 e. The molecule has 2 aliphatic rings. The van der Waals surface area contributed by atoms with E-state index in [9.17, 15) is 16.8 Å². The van der Waals surface area contributed by atoms with Gasteiger partial charge in [0.05, 0.1) is 33.7 Å². The second-order valence-corrected chi connectivity index (χ2v) is 11.6. The number of hydrogen-bond acceptors (Lipinski definition) is 7. The van der Waals surface area contributed by atoms with Gasteiger partial charge in [-0.1, -0.05) is 13.8 Å². The standard InChI is InChI=1S/C19H24N4O5S2/c1-4-22(5-2)30(26,27)15-6-7-18-17(10-15)20-11-16-13(3)21-23(19(16)28-18)14-8-9-29(24,25)12-14/h6-7,10-11,14H,4-5,8-9,12H2,1-3H3. The molecule has 9 nitrogen and oxygen atoms in total. The molecule has 0 N–H and O–H groups in total. The maximum atomic E-state index is 12.8. The summed E-state index contributed by atoms with van der Waals surface area (Å²) in [7, 11) is -6.71. The summed E-state index contributed by atoms with van der Waals surface area (Å²) >= 11 is 0. The van der Waals surface area contributed by atoms with E-state index in [0.717, 1.165) is 0 Å². The molecule has 2 aromatic rings. The van der Waals surface area contributed by atoms with Crippen molar-refractivity contribution in [2.75, 3.05) is 24.6 Å². The van der Waals surface area contributed by atoms with Crippen LogP contribution in [0.15, 0.2) is 28.1 Å². The molecule has 0 amide bonds. The third kappa shape index (κ3) is 3.54. The number of sulfone groups is 1. The summed E-state index contributed by atoms with van der Waals surface area (Å²) in [6, 6.07) is 4.28. The first-order valence-corrected chi connectivity index (χ1v) is 13.1. The van der Waals surface area contributed by atoms with Crippen molar-refractivity contribution in [3.63, 3.8) is 0 Å². The normalized spacial score (nSPS) is 19.9. The van der Waals surface area contributed by atoms with Gasteiger partial charge in [-0.2, -0.15) is 9.40 Å². The zero-order valence-corrected chi connectivity index (χ0v) is 18.7. The van der Waals surface area contributed by atoms with Crippen molar-refractivity contribution < 1.29 is 21.6 Å². The molecule has 11 heteroatoms. The highest BCUT2D eigenvalue weighted by Gasteiger charge is 2.34. The van der Waals surface area contributed by atoms with E-state index in [-0.39, 0.29) is 22.4 Å². The summed E-state index contributed by atoms with van der Waals surface area (Å²) in [5.41, 5.74) is 1.72. The number of ether oxygens (including phenoxy) is 1. The van der Waals surface area contributed by atoms with Crippen LogP contribution in [0, 0.1) is 6.92 Å². The van der Waals surface area contributed by atoms with Crippen LogP contribution in [-0.4, -0.2) is 61.7 Å². The minimum absolute atomic E-state index is 0.0228. The number of hydrogen-bond donors (Lipinski definition) is 0. The Kier molecular flexibility index (Phi) is 5.23. The largest absolute Gasteiger partial charge is 0.436 e. The summed E-state index contributed by atoms with van der Waals surface area (Å²) in [4.78, 5) is 4.59. The number of benzene rings is 1. The molecule has 1 aromatic carbocycles. The minimum Gasteiger partial charge on any atom is -0.436 e. The monoisotopic (exact) mass is 452 g/mol. The molecular weight excluding hydrogens is 428 g/mol. The zero-order chi connectivity index (χ0) is 21.7. The minimum atomic E-state index is -3.62. The van der Waals surface area contributed by atoms with Gasteiger partial charge in [0.2, 0.25) is 15.9 Å². The Morgan fingerprint density at radius 2 is 2.00 bits per heavy atom. The maximum absolute atomic E-state index is 12.8. The average molecular weight is 453 g/mol. The van der Waals surface area contributed by atoms with Gasteiger partial charge in [0.1, 0.15) is 5.69 Å². The fourth-order valence-electron chi connectivity index (χ4n) is 3.80. The van der Waals surface area contributed by atoms with Crippen molar-refractivity contribution in [2.24, 2.45) is 4.99 Å². The highest BCUT2D eigenvalue weighted by molar-refractivity contribution is 7.91. The summed E-state index contributed by atoms with van der Waals surface area (Å²) in [6.07, 6.45) is 2.07. The fraction of sp³-hybridized carbons (Fsp3) is 0.474. The van der Waals surface area contributed by atoms with Crippen LogP contribution in [0.4, 0.5) is 5.69 Å². The third-order valence-electron chi connectivity index (χ3n) is 5.45. The van der Waals surface area contributed by atoms with Crippen LogP contribution in [0.2, 0.25) is 0 Å². The Balaban J connectivity index is 1.74. The van der Waals surface area contributed by atoms with Gasteiger partial charge in [0, 0.05) is 19.3 Å². The highest BCUT2D eigenvalue weighted by Crippen LogP contribution is 2.40. The number of aromatic nitrogens is 2. The van der Waals surface area contributed by atoms with E-state index in [1.54, 1.807) is 37.7 Å². The van der Waals surface area contributed by atoms with Crippen molar-refractivity contribution >= 4 is 31.8 Å².